The minimum Gasteiger partial charge on any atom is -0.315 e. The van der Waals surface area contributed by atoms with E-state index in [0.717, 1.165) is 0 Å². The lowest BCUT2D eigenvalue weighted by atomic mass is 9.97. The highest BCUT2D eigenvalue weighted by Crippen LogP contribution is 2.53. The Morgan fingerprint density at radius 2 is 0.429 bits per heavy atom. The number of pyridine rings is 4. The van der Waals surface area contributed by atoms with E-state index in [1.165, 1.54) is 273 Å². The number of aromatic nitrogens is 4. The molecule has 32 aromatic rings. The number of rotatable bonds is 0. The van der Waals surface area contributed by atoms with Gasteiger partial charge in [-0.2, -0.15) is 0 Å². The molecule has 0 fully saturated rings. The highest BCUT2D eigenvalue weighted by molar-refractivity contribution is 7.29. The Morgan fingerprint density at radius 1 is 0.135 bits per heavy atom. The summed E-state index contributed by atoms with van der Waals surface area (Å²) in [6.45, 7) is 0. The molecule has 0 atom stereocenters. The average Bonchev–Trinajstić information content (AvgIpc) is 1.53. The number of benzene rings is 18. The van der Waals surface area contributed by atoms with Crippen LogP contribution in [0.25, 0.3) is 273 Å². The normalized spacial score (nSPS) is 12.4. The fraction of sp³-hybridized carbons (Fsp3) is 0. The van der Waals surface area contributed by atoms with Crippen LogP contribution in [0.15, 0.2) is 389 Å². The van der Waals surface area contributed by atoms with Gasteiger partial charge in [-0.1, -0.05) is 297 Å². The Bertz CT molecular complexity index is 10400. The maximum atomic E-state index is 2.44. The van der Waals surface area contributed by atoms with E-state index in [2.05, 4.69) is 406 Å². The van der Waals surface area contributed by atoms with E-state index >= 15 is 0 Å². The Hall–Kier alpha value is -14.6. The van der Waals surface area contributed by atoms with Crippen LogP contribution in [-0.4, -0.2) is 17.6 Å². The molecule has 14 heterocycles. The van der Waals surface area contributed by atoms with Crippen molar-refractivity contribution in [1.29, 1.82) is 0 Å². The largest absolute Gasteiger partial charge is 0.315 e. The van der Waals surface area contributed by atoms with Crippen LogP contribution in [0.4, 0.5) is 0 Å². The quantitative estimate of drug-likeness (QED) is 0.135. The minimum atomic E-state index is 1.28. The van der Waals surface area contributed by atoms with E-state index in [4.69, 9.17) is 0 Å². The van der Waals surface area contributed by atoms with Crippen molar-refractivity contribution in [3.63, 3.8) is 0 Å². The summed E-state index contributed by atoms with van der Waals surface area (Å²) in [7, 11) is 0. The maximum Gasteiger partial charge on any atom is 0.0714 e. The number of hydrogen-bond acceptors (Lipinski definition) is 6. The van der Waals surface area contributed by atoms with E-state index < -0.39 is 0 Å². The first-order valence-electron chi connectivity index (χ1n) is 42.8. The van der Waals surface area contributed by atoms with Gasteiger partial charge in [-0.15, -0.1) is 68.0 Å². The molecular weight excluding hydrogens is 1640 g/mol. The molecule has 0 bridgehead atoms. The SMILES string of the molecule is c1ccc2c(c1)cn1c2c2ccccc2c2ccc3c4ccccc4sc3c21.c1ccc2c(c1)cn1c3cc4sc5ccccc5c4cc3c3ccccc3c21.c1ccc2c(c1)cn1c3ccc4c5ccccc5sc4c3c3c(ccc4c5ccccc5sc43)c21.c1ccc2c(c1)cn1c3ccc4c5ccccc5sc4c3c3c(ccc4sc5ccccc5c43)c21. The summed E-state index contributed by atoms with van der Waals surface area (Å²) in [5.74, 6) is 0. The monoisotopic (exact) mass is 1700 g/mol. The topological polar surface area (TPSA) is 17.6 Å². The van der Waals surface area contributed by atoms with Crippen LogP contribution < -0.4 is 0 Å². The van der Waals surface area contributed by atoms with Crippen LogP contribution in [0.1, 0.15) is 0 Å². The van der Waals surface area contributed by atoms with Crippen molar-refractivity contribution in [1.82, 2.24) is 17.6 Å². The third-order valence-corrected chi connectivity index (χ3v) is 34.1. The van der Waals surface area contributed by atoms with Gasteiger partial charge in [-0.3, -0.25) is 0 Å². The van der Waals surface area contributed by atoms with E-state index in [0.29, 0.717) is 0 Å². The first-order valence-corrected chi connectivity index (χ1v) is 47.7. The fourth-order valence-corrected chi connectivity index (χ4v) is 28.9. The van der Waals surface area contributed by atoms with Crippen molar-refractivity contribution in [2.75, 3.05) is 0 Å². The standard InChI is InChI=1S/2C32H17NS2.2C26H15NS/c1-2-8-19-18(7-1)17-33-24-15-13-21-20-9-3-5-11-25(20)35-32(21)30(24)29-23(31(19)33)14-16-27-28(29)22-10-4-6-12-26(22)34-27;1-2-8-19-18(7-1)17-33-25-16-15-23-21-10-4-6-12-27(21)35-32(23)29(25)28-24(30(19)33)14-13-22-20-9-3-5-11-26(20)34-31(22)28;1-2-8-17-16(7-1)15-27-23-14-25-22(19-10-5-6-12-24(19)28-25)13-21(23)18-9-3-4-11-20(18)26(17)27;1-2-8-17-16(7-1)15-27-24(17)20-11-4-3-9-18(20)21-13-14-22-19-10-5-6-12-23(19)28-26(22)25(21)27/h2*1-17H;2*1-15H. The van der Waals surface area contributed by atoms with Gasteiger partial charge in [0.05, 0.1) is 48.8 Å². The predicted octanol–water partition coefficient (Wildman–Crippen LogP) is 35.8. The van der Waals surface area contributed by atoms with Gasteiger partial charge in [0.25, 0.3) is 0 Å². The summed E-state index contributed by atoms with van der Waals surface area (Å²) in [5.41, 5.74) is 10.4. The molecule has 4 nitrogen and oxygen atoms in total. The number of thiophene rings is 6. The molecule has 0 spiro atoms. The van der Waals surface area contributed by atoms with Crippen LogP contribution in [-0.2, 0) is 0 Å². The highest BCUT2D eigenvalue weighted by atomic mass is 32.1. The molecule has 18 aromatic carbocycles. The Kier molecular flexibility index (Phi) is 14.7. The molecule has 14 aromatic heterocycles. The first kappa shape index (κ1) is 69.9. The molecular formula is C116H64N4S6. The Labute approximate surface area is 740 Å². The second kappa shape index (κ2) is 26.5. The summed E-state index contributed by atoms with van der Waals surface area (Å²) >= 11 is 11.5. The first-order chi connectivity index (χ1) is 62.5. The van der Waals surface area contributed by atoms with Crippen LogP contribution in [0.2, 0.25) is 0 Å². The molecule has 10 heteroatoms. The van der Waals surface area contributed by atoms with Crippen molar-refractivity contribution in [2.24, 2.45) is 0 Å². The van der Waals surface area contributed by atoms with Gasteiger partial charge in [0.1, 0.15) is 0 Å². The Balaban J connectivity index is 0.0000000841. The molecule has 0 aliphatic carbocycles. The predicted molar refractivity (Wildman–Crippen MR) is 557 cm³/mol. The molecule has 0 amide bonds. The van der Waals surface area contributed by atoms with Gasteiger partial charge in [-0.25, -0.2) is 0 Å². The lowest BCUT2D eigenvalue weighted by Crippen LogP contribution is -1.90. The summed E-state index contributed by atoms with van der Waals surface area (Å²) < 4.78 is 26.1. The summed E-state index contributed by atoms with van der Waals surface area (Å²) in [6.07, 6.45) is 9.24. The van der Waals surface area contributed by atoms with E-state index in [-0.39, 0.29) is 0 Å². The number of fused-ring (bicyclic) bond motifs is 55. The van der Waals surface area contributed by atoms with Gasteiger partial charge in [0.2, 0.25) is 0 Å². The molecule has 584 valence electrons. The maximum absolute atomic E-state index is 2.44. The van der Waals surface area contributed by atoms with Crippen molar-refractivity contribution in [2.45, 2.75) is 0 Å². The van der Waals surface area contributed by atoms with Crippen LogP contribution in [0, 0.1) is 0 Å². The highest BCUT2D eigenvalue weighted by Gasteiger charge is 2.26. The molecule has 126 heavy (non-hydrogen) atoms. The van der Waals surface area contributed by atoms with Gasteiger partial charge in [-0.05, 0) is 77.5 Å². The Morgan fingerprint density at radius 3 is 0.921 bits per heavy atom. The third-order valence-electron chi connectivity index (χ3n) is 27.0. The van der Waals surface area contributed by atoms with Gasteiger partial charge in [0.15, 0.2) is 0 Å². The zero-order valence-electron chi connectivity index (χ0n) is 67.2. The van der Waals surface area contributed by atoms with E-state index in [9.17, 15) is 0 Å². The smallest absolute Gasteiger partial charge is 0.0714 e. The van der Waals surface area contributed by atoms with E-state index in [1.807, 2.05) is 68.0 Å². The summed E-state index contributed by atoms with van der Waals surface area (Å²) in [6, 6.07) is 134. The number of nitrogens with zero attached hydrogens (tertiary/aromatic N) is 4. The molecule has 0 radical (unpaired) electrons. The third kappa shape index (κ3) is 9.80. The van der Waals surface area contributed by atoms with Gasteiger partial charge < -0.3 is 17.6 Å². The lowest BCUT2D eigenvalue weighted by Gasteiger charge is -2.12. The van der Waals surface area contributed by atoms with Crippen molar-refractivity contribution in [3.8, 4) is 0 Å². The van der Waals surface area contributed by atoms with Crippen LogP contribution in [0.3, 0.4) is 0 Å². The number of hydrogen-bond donors (Lipinski definition) is 0. The average molecular weight is 1710 g/mol. The molecule has 0 aliphatic rings. The summed E-state index contributed by atoms with van der Waals surface area (Å²) in [5, 5.41) is 42.8. The van der Waals surface area contributed by atoms with Crippen LogP contribution >= 0.6 is 68.0 Å². The second-order valence-electron chi connectivity index (χ2n) is 33.5. The van der Waals surface area contributed by atoms with E-state index in [1.54, 1.807) is 0 Å². The zero-order valence-corrected chi connectivity index (χ0v) is 72.1. The van der Waals surface area contributed by atoms with Gasteiger partial charge >= 0.3 is 0 Å². The second-order valence-corrected chi connectivity index (χ2v) is 39.9. The fourth-order valence-electron chi connectivity index (χ4n) is 21.7. The van der Waals surface area contributed by atoms with Crippen molar-refractivity contribution < 1.29 is 0 Å². The lowest BCUT2D eigenvalue weighted by molar-refractivity contribution is 1.30. The molecule has 0 saturated carbocycles. The molecule has 0 aliphatic heterocycles. The van der Waals surface area contributed by atoms with Crippen LogP contribution in [0.5, 0.6) is 0 Å². The summed E-state index contributed by atoms with van der Waals surface area (Å²) in [4.78, 5) is 0. The van der Waals surface area contributed by atoms with Gasteiger partial charge in [0, 0.05) is 238 Å². The van der Waals surface area contributed by atoms with Crippen molar-refractivity contribution >= 4 is 341 Å². The minimum absolute atomic E-state index is 1.28. The molecule has 0 N–H and O–H groups in total. The molecule has 0 unspecified atom stereocenters. The molecule has 0 saturated heterocycles. The molecule has 32 rings (SSSR count). The van der Waals surface area contributed by atoms with Crippen molar-refractivity contribution in [3.05, 3.63) is 389 Å². The zero-order chi connectivity index (χ0) is 81.8.